The Labute approximate surface area is 123 Å². The molecule has 0 aliphatic carbocycles. The van der Waals surface area contributed by atoms with Crippen LogP contribution in [0.15, 0.2) is 18.2 Å². The van der Waals surface area contributed by atoms with Crippen molar-refractivity contribution in [2.24, 2.45) is 5.41 Å². The Balaban J connectivity index is 2.51. The molecular weight excluding hydrogens is 250 g/mol. The van der Waals surface area contributed by atoms with Crippen molar-refractivity contribution in [3.63, 3.8) is 0 Å². The minimum absolute atomic E-state index is 0.107. The molecule has 3 N–H and O–H groups in total. The van der Waals surface area contributed by atoms with Gasteiger partial charge in [-0.3, -0.25) is 0 Å². The van der Waals surface area contributed by atoms with Gasteiger partial charge < -0.3 is 15.5 Å². The fourth-order valence-electron chi connectivity index (χ4n) is 2.36. The van der Waals surface area contributed by atoms with E-state index in [-0.39, 0.29) is 23.0 Å². The Morgan fingerprint density at radius 1 is 1.10 bits per heavy atom. The molecule has 0 fully saturated rings. The number of hydrogen-bond donors (Lipinski definition) is 3. The molecular formula is C17H29NO2. The van der Waals surface area contributed by atoms with Crippen molar-refractivity contribution in [3.8, 4) is 11.5 Å². The largest absolute Gasteiger partial charge is 0.508 e. The van der Waals surface area contributed by atoms with Gasteiger partial charge in [0.05, 0.1) is 0 Å². The smallest absolute Gasteiger partial charge is 0.119 e. The topological polar surface area (TPSA) is 52.5 Å². The van der Waals surface area contributed by atoms with Gasteiger partial charge in [-0.25, -0.2) is 0 Å². The van der Waals surface area contributed by atoms with Crippen LogP contribution in [0, 0.1) is 5.41 Å². The second-order valence-corrected chi connectivity index (χ2v) is 6.51. The maximum atomic E-state index is 9.53. The second kappa shape index (κ2) is 7.53. The van der Waals surface area contributed by atoms with Gasteiger partial charge in [0.2, 0.25) is 0 Å². The molecule has 0 radical (unpaired) electrons. The van der Waals surface area contributed by atoms with E-state index in [1.165, 1.54) is 31.7 Å². The van der Waals surface area contributed by atoms with Gasteiger partial charge >= 0.3 is 0 Å². The van der Waals surface area contributed by atoms with Crippen molar-refractivity contribution in [1.82, 2.24) is 5.32 Å². The number of hydrogen-bond acceptors (Lipinski definition) is 3. The van der Waals surface area contributed by atoms with E-state index >= 15 is 0 Å². The zero-order valence-electron chi connectivity index (χ0n) is 13.2. The van der Waals surface area contributed by atoms with Crippen LogP contribution in [0.25, 0.3) is 0 Å². The lowest BCUT2D eigenvalue weighted by Crippen LogP contribution is -2.31. The average molecular weight is 279 g/mol. The maximum Gasteiger partial charge on any atom is 0.119 e. The molecule has 20 heavy (non-hydrogen) atoms. The van der Waals surface area contributed by atoms with Crippen molar-refractivity contribution in [2.75, 3.05) is 6.54 Å². The molecule has 1 rings (SSSR count). The van der Waals surface area contributed by atoms with E-state index < -0.39 is 0 Å². The van der Waals surface area contributed by atoms with Crippen molar-refractivity contribution in [1.29, 1.82) is 0 Å². The molecule has 1 atom stereocenters. The van der Waals surface area contributed by atoms with Gasteiger partial charge in [0, 0.05) is 18.7 Å². The van der Waals surface area contributed by atoms with E-state index in [1.54, 1.807) is 12.1 Å². The Bertz CT molecular complexity index is 395. The summed E-state index contributed by atoms with van der Waals surface area (Å²) in [7, 11) is 0. The highest BCUT2D eigenvalue weighted by molar-refractivity contribution is 5.37. The molecule has 1 aromatic rings. The quantitative estimate of drug-likeness (QED) is 0.620. The highest BCUT2D eigenvalue weighted by Crippen LogP contribution is 2.27. The minimum Gasteiger partial charge on any atom is -0.508 e. The predicted molar refractivity (Wildman–Crippen MR) is 84.1 cm³/mol. The third-order valence-corrected chi connectivity index (χ3v) is 3.77. The molecule has 0 heterocycles. The number of unbranched alkanes of at least 4 members (excludes halogenated alkanes) is 2. The Morgan fingerprint density at radius 3 is 2.25 bits per heavy atom. The lowest BCUT2D eigenvalue weighted by molar-refractivity contribution is 0.290. The highest BCUT2D eigenvalue weighted by atomic mass is 16.3. The summed E-state index contributed by atoms with van der Waals surface area (Å²) in [5.74, 6) is 0.215. The molecule has 0 aromatic heterocycles. The normalized spacial score (nSPS) is 13.4. The molecule has 0 bridgehead atoms. The fourth-order valence-corrected chi connectivity index (χ4v) is 2.36. The first-order valence-electron chi connectivity index (χ1n) is 7.60. The van der Waals surface area contributed by atoms with Crippen LogP contribution in [-0.2, 0) is 0 Å². The number of aromatic hydroxyl groups is 2. The molecule has 3 nitrogen and oxygen atoms in total. The molecule has 0 aliphatic rings. The first-order valence-corrected chi connectivity index (χ1v) is 7.60. The van der Waals surface area contributed by atoms with Gasteiger partial charge in [-0.15, -0.1) is 0 Å². The number of rotatable bonds is 8. The van der Waals surface area contributed by atoms with Crippen LogP contribution in [-0.4, -0.2) is 16.8 Å². The van der Waals surface area contributed by atoms with Crippen LogP contribution in [0.5, 0.6) is 11.5 Å². The van der Waals surface area contributed by atoms with Crippen LogP contribution in [0.2, 0.25) is 0 Å². The summed E-state index contributed by atoms with van der Waals surface area (Å²) < 4.78 is 0. The van der Waals surface area contributed by atoms with E-state index in [0.29, 0.717) is 0 Å². The van der Waals surface area contributed by atoms with Crippen LogP contribution >= 0.6 is 0 Å². The van der Waals surface area contributed by atoms with E-state index in [0.717, 1.165) is 12.1 Å². The summed E-state index contributed by atoms with van der Waals surface area (Å²) in [6.45, 7) is 9.76. The zero-order chi connectivity index (χ0) is 15.2. The summed E-state index contributed by atoms with van der Waals surface area (Å²) >= 11 is 0. The van der Waals surface area contributed by atoms with Crippen LogP contribution < -0.4 is 5.32 Å². The number of phenolic OH excluding ortho intramolecular Hbond substituents is 2. The van der Waals surface area contributed by atoms with Gasteiger partial charge in [0.1, 0.15) is 11.5 Å². The SMILES string of the molecule is CCCCCC(C)(C)CNC(C)c1cc(O)cc(O)c1. The Hall–Kier alpha value is -1.22. The molecule has 0 amide bonds. The van der Waals surface area contributed by atoms with E-state index in [1.807, 2.05) is 0 Å². The molecule has 1 unspecified atom stereocenters. The van der Waals surface area contributed by atoms with E-state index in [4.69, 9.17) is 0 Å². The monoisotopic (exact) mass is 279 g/mol. The molecule has 0 saturated heterocycles. The fraction of sp³-hybridized carbons (Fsp3) is 0.647. The summed E-state index contributed by atoms with van der Waals surface area (Å²) in [5.41, 5.74) is 1.18. The number of nitrogens with one attached hydrogen (secondary N) is 1. The molecule has 1 aromatic carbocycles. The lowest BCUT2D eigenvalue weighted by Gasteiger charge is -2.27. The van der Waals surface area contributed by atoms with Crippen molar-refractivity contribution in [3.05, 3.63) is 23.8 Å². The van der Waals surface area contributed by atoms with Crippen LogP contribution in [0.1, 0.15) is 65.0 Å². The minimum atomic E-state index is 0.107. The maximum absolute atomic E-state index is 9.53. The lowest BCUT2D eigenvalue weighted by atomic mass is 9.86. The number of benzene rings is 1. The van der Waals surface area contributed by atoms with Crippen molar-refractivity contribution >= 4 is 0 Å². The van der Waals surface area contributed by atoms with Crippen LogP contribution in [0.3, 0.4) is 0 Å². The zero-order valence-corrected chi connectivity index (χ0v) is 13.2. The van der Waals surface area contributed by atoms with Gasteiger partial charge in [0.25, 0.3) is 0 Å². The Morgan fingerprint density at radius 2 is 1.70 bits per heavy atom. The molecule has 114 valence electrons. The molecule has 0 spiro atoms. The second-order valence-electron chi connectivity index (χ2n) is 6.51. The first kappa shape index (κ1) is 16.8. The van der Waals surface area contributed by atoms with E-state index in [2.05, 4.69) is 33.0 Å². The Kier molecular flexibility index (Phi) is 6.34. The summed E-state index contributed by atoms with van der Waals surface area (Å²) in [5, 5.41) is 22.6. The molecule has 0 aliphatic heterocycles. The summed E-state index contributed by atoms with van der Waals surface area (Å²) in [6.07, 6.45) is 5.03. The molecule has 3 heteroatoms. The number of phenols is 2. The van der Waals surface area contributed by atoms with E-state index in [9.17, 15) is 10.2 Å². The van der Waals surface area contributed by atoms with Gasteiger partial charge in [0.15, 0.2) is 0 Å². The van der Waals surface area contributed by atoms with Gasteiger partial charge in [-0.2, -0.15) is 0 Å². The summed E-state index contributed by atoms with van der Waals surface area (Å²) in [4.78, 5) is 0. The standard InChI is InChI=1S/C17H29NO2/c1-5-6-7-8-17(3,4)12-18-13(2)14-9-15(19)11-16(20)10-14/h9-11,13,18-20H,5-8,12H2,1-4H3. The van der Waals surface area contributed by atoms with Gasteiger partial charge in [-0.05, 0) is 36.5 Å². The highest BCUT2D eigenvalue weighted by Gasteiger charge is 2.18. The van der Waals surface area contributed by atoms with Gasteiger partial charge in [-0.1, -0.05) is 40.0 Å². The summed E-state index contributed by atoms with van der Waals surface area (Å²) in [6, 6.07) is 4.85. The van der Waals surface area contributed by atoms with Crippen molar-refractivity contribution in [2.45, 2.75) is 59.4 Å². The van der Waals surface area contributed by atoms with Crippen molar-refractivity contribution < 1.29 is 10.2 Å². The molecule has 0 saturated carbocycles. The third-order valence-electron chi connectivity index (χ3n) is 3.77. The first-order chi connectivity index (χ1) is 9.34. The predicted octanol–water partition coefficient (Wildman–Crippen LogP) is 4.35. The third kappa shape index (κ3) is 5.83. The van der Waals surface area contributed by atoms with Crippen LogP contribution in [0.4, 0.5) is 0 Å². The average Bonchev–Trinajstić information content (AvgIpc) is 2.35.